The number of carbonyl (C=O) groups is 2. The molecule has 0 radical (unpaired) electrons. The first-order valence-corrected chi connectivity index (χ1v) is 10.6. The molecule has 2 bridgehead atoms. The number of piperazine rings is 1. The normalized spacial score (nSPS) is 48.5. The number of Topliss-reactive ketones (excluding diaryl/α,β-unsaturated/α-hetero) is 2. The molecule has 7 rings (SSSR count). The highest BCUT2D eigenvalue weighted by Gasteiger charge is 2.70. The fraction of sp³-hybridized carbons (Fsp3) is 0.714. The predicted molar refractivity (Wildman–Crippen MR) is 99.6 cm³/mol. The number of allylic oxidation sites excluding steroid dienone is 2. The third kappa shape index (κ3) is 1.73. The molecule has 8 nitrogen and oxygen atoms in total. The first-order chi connectivity index (χ1) is 14.0. The Morgan fingerprint density at radius 1 is 1.07 bits per heavy atom. The number of piperidine rings is 1. The molecule has 7 aliphatic rings. The molecule has 5 fully saturated rings. The highest BCUT2D eigenvalue weighted by atomic mass is 16.5. The molecular weight excluding hydrogens is 374 g/mol. The Hall–Kier alpha value is -1.58. The van der Waals surface area contributed by atoms with Crippen molar-refractivity contribution in [1.82, 2.24) is 14.7 Å². The van der Waals surface area contributed by atoms with Gasteiger partial charge in [-0.2, -0.15) is 0 Å². The molecule has 0 amide bonds. The number of ketones is 2. The molecule has 0 aromatic rings. The fourth-order valence-electron chi connectivity index (χ4n) is 7.60. The number of ether oxygens (including phenoxy) is 3. The van der Waals surface area contributed by atoms with Crippen molar-refractivity contribution in [2.24, 2.45) is 5.92 Å². The zero-order chi connectivity index (χ0) is 19.8. The lowest BCUT2D eigenvalue weighted by Gasteiger charge is -2.60. The molecule has 0 saturated carbocycles. The van der Waals surface area contributed by atoms with Crippen molar-refractivity contribution in [2.75, 3.05) is 33.9 Å². The topological polar surface area (TPSA) is 71.5 Å². The van der Waals surface area contributed by atoms with E-state index in [-0.39, 0.29) is 47.9 Å². The number of likely N-dealkylation sites (N-methyl/N-ethyl adjacent to an activating group) is 1. The predicted octanol–water partition coefficient (Wildman–Crippen LogP) is -0.493. The van der Waals surface area contributed by atoms with Crippen LogP contribution >= 0.6 is 0 Å². The van der Waals surface area contributed by atoms with Crippen LogP contribution in [0.1, 0.15) is 13.3 Å². The molecule has 0 N–H and O–H groups in total. The average molecular weight is 399 g/mol. The lowest BCUT2D eigenvalue weighted by molar-refractivity contribution is -0.157. The number of carbonyl (C=O) groups excluding carboxylic acids is 2. The number of rotatable bonds is 1. The van der Waals surface area contributed by atoms with E-state index in [9.17, 15) is 9.59 Å². The Bertz CT molecular complexity index is 927. The van der Waals surface area contributed by atoms with Crippen molar-refractivity contribution in [3.8, 4) is 0 Å². The van der Waals surface area contributed by atoms with Crippen molar-refractivity contribution < 1.29 is 23.8 Å². The van der Waals surface area contributed by atoms with Crippen molar-refractivity contribution in [1.29, 1.82) is 0 Å². The molecule has 8 atom stereocenters. The van der Waals surface area contributed by atoms with Crippen LogP contribution < -0.4 is 0 Å². The van der Waals surface area contributed by atoms with E-state index in [1.807, 2.05) is 0 Å². The first kappa shape index (κ1) is 17.1. The lowest BCUT2D eigenvalue weighted by atomic mass is 9.70. The standard InChI is InChI=1S/C21H25N3O5/c1-8-17(25)13-12(18(26)19(8)27-3)11-7-29-21-10-6-9-14(22(10)2)16(24(11)21)15(13)23-4-5-28-20(9)23/h9-11,14-16,20-21H,4-7H2,1-3H3/t9-,10-,11-,14+,15-,16+,20+,21-/m0/s1. The molecule has 1 aliphatic carbocycles. The monoisotopic (exact) mass is 399 g/mol. The van der Waals surface area contributed by atoms with Gasteiger partial charge in [0.2, 0.25) is 5.78 Å². The summed E-state index contributed by atoms with van der Waals surface area (Å²) < 4.78 is 17.9. The third-order valence-corrected chi connectivity index (χ3v) is 8.56. The Morgan fingerprint density at radius 3 is 2.69 bits per heavy atom. The van der Waals surface area contributed by atoms with Crippen LogP contribution in [0.15, 0.2) is 22.5 Å². The summed E-state index contributed by atoms with van der Waals surface area (Å²) in [5.74, 6) is 0.413. The Labute approximate surface area is 169 Å². The minimum absolute atomic E-state index is 0.00929. The summed E-state index contributed by atoms with van der Waals surface area (Å²) in [7, 11) is 3.66. The number of hydrogen-bond acceptors (Lipinski definition) is 8. The van der Waals surface area contributed by atoms with Gasteiger partial charge in [-0.15, -0.1) is 0 Å². The number of nitrogens with zero attached hydrogens (tertiary/aromatic N) is 3. The van der Waals surface area contributed by atoms with Gasteiger partial charge in [0, 0.05) is 41.3 Å². The van der Waals surface area contributed by atoms with E-state index in [0.717, 1.165) is 13.0 Å². The van der Waals surface area contributed by atoms with Crippen LogP contribution in [0, 0.1) is 5.92 Å². The summed E-state index contributed by atoms with van der Waals surface area (Å²) in [5, 5.41) is 0. The Kier molecular flexibility index (Phi) is 3.17. The van der Waals surface area contributed by atoms with Gasteiger partial charge in [-0.25, -0.2) is 0 Å². The first-order valence-electron chi connectivity index (χ1n) is 10.6. The van der Waals surface area contributed by atoms with Gasteiger partial charge in [-0.1, -0.05) is 0 Å². The van der Waals surface area contributed by atoms with Gasteiger partial charge >= 0.3 is 0 Å². The summed E-state index contributed by atoms with van der Waals surface area (Å²) in [6, 6.07) is 0.460. The second kappa shape index (κ2) is 5.36. The number of fused-ring (bicyclic) bond motifs is 7. The van der Waals surface area contributed by atoms with Crippen LogP contribution in [0.2, 0.25) is 0 Å². The third-order valence-electron chi connectivity index (χ3n) is 8.56. The molecule has 29 heavy (non-hydrogen) atoms. The lowest BCUT2D eigenvalue weighted by Crippen LogP contribution is -2.76. The number of hydrogen-bond donors (Lipinski definition) is 0. The second-order valence-corrected chi connectivity index (χ2v) is 9.39. The van der Waals surface area contributed by atoms with E-state index < -0.39 is 0 Å². The van der Waals surface area contributed by atoms with Gasteiger partial charge in [0.15, 0.2) is 11.5 Å². The largest absolute Gasteiger partial charge is 0.492 e. The highest BCUT2D eigenvalue weighted by molar-refractivity contribution is 6.25. The maximum atomic E-state index is 13.6. The van der Waals surface area contributed by atoms with Gasteiger partial charge in [0.05, 0.1) is 38.4 Å². The molecule has 6 aliphatic heterocycles. The van der Waals surface area contributed by atoms with Crippen molar-refractivity contribution in [3.05, 3.63) is 22.5 Å². The average Bonchev–Trinajstić information content (AvgIpc) is 3.40. The summed E-state index contributed by atoms with van der Waals surface area (Å²) in [6.07, 6.45) is 1.01. The van der Waals surface area contributed by atoms with Crippen LogP contribution in [0.5, 0.6) is 0 Å². The Morgan fingerprint density at radius 2 is 1.90 bits per heavy atom. The zero-order valence-corrected chi connectivity index (χ0v) is 16.8. The van der Waals surface area contributed by atoms with Crippen LogP contribution in [0.4, 0.5) is 0 Å². The molecule has 5 saturated heterocycles. The smallest absolute Gasteiger partial charge is 0.226 e. The van der Waals surface area contributed by atoms with Crippen molar-refractivity contribution in [2.45, 2.75) is 56.0 Å². The van der Waals surface area contributed by atoms with Crippen LogP contribution in [0.25, 0.3) is 0 Å². The minimum Gasteiger partial charge on any atom is -0.492 e. The van der Waals surface area contributed by atoms with E-state index in [0.29, 0.717) is 47.9 Å². The van der Waals surface area contributed by atoms with E-state index in [2.05, 4.69) is 21.7 Å². The van der Waals surface area contributed by atoms with Gasteiger partial charge in [-0.05, 0) is 20.4 Å². The summed E-state index contributed by atoms with van der Waals surface area (Å²) >= 11 is 0. The molecule has 0 spiro atoms. The van der Waals surface area contributed by atoms with Gasteiger partial charge < -0.3 is 14.2 Å². The maximum Gasteiger partial charge on any atom is 0.226 e. The molecular formula is C21H25N3O5. The maximum absolute atomic E-state index is 13.6. The van der Waals surface area contributed by atoms with Crippen LogP contribution in [-0.2, 0) is 23.8 Å². The summed E-state index contributed by atoms with van der Waals surface area (Å²) in [6.45, 7) is 3.65. The van der Waals surface area contributed by atoms with Crippen LogP contribution in [0.3, 0.4) is 0 Å². The number of methoxy groups -OCH3 is 1. The van der Waals surface area contributed by atoms with Crippen molar-refractivity contribution >= 4 is 11.6 Å². The second-order valence-electron chi connectivity index (χ2n) is 9.39. The molecule has 0 unspecified atom stereocenters. The molecule has 154 valence electrons. The van der Waals surface area contributed by atoms with Gasteiger partial charge in [-0.3, -0.25) is 24.3 Å². The van der Waals surface area contributed by atoms with Crippen molar-refractivity contribution in [3.63, 3.8) is 0 Å². The molecule has 8 heteroatoms. The Balaban J connectivity index is 1.49. The highest BCUT2D eigenvalue weighted by Crippen LogP contribution is 2.56. The van der Waals surface area contributed by atoms with Crippen LogP contribution in [-0.4, -0.2) is 103 Å². The SMILES string of the molecule is COC1=C(C)C(=O)C2=C(C1=O)[C@@H]1CO[C@H]3[C@@H]4C[C@H]5[C@H]([C@H]([C@H]2N2CCO[C@H]52)N13)N4C. The van der Waals surface area contributed by atoms with E-state index in [1.54, 1.807) is 6.92 Å². The molecule has 0 aromatic carbocycles. The molecule has 6 heterocycles. The van der Waals surface area contributed by atoms with E-state index in [4.69, 9.17) is 14.2 Å². The van der Waals surface area contributed by atoms with Gasteiger partial charge in [0.1, 0.15) is 12.5 Å². The summed E-state index contributed by atoms with van der Waals surface area (Å²) in [4.78, 5) is 34.4. The zero-order valence-electron chi connectivity index (χ0n) is 16.8. The summed E-state index contributed by atoms with van der Waals surface area (Å²) in [5.41, 5.74) is 1.71. The quantitative estimate of drug-likeness (QED) is 0.547. The molecule has 0 aromatic heterocycles. The van der Waals surface area contributed by atoms with E-state index in [1.165, 1.54) is 7.11 Å². The fourth-order valence-corrected chi connectivity index (χ4v) is 7.60. The minimum atomic E-state index is -0.163. The van der Waals surface area contributed by atoms with E-state index >= 15 is 0 Å². The van der Waals surface area contributed by atoms with Gasteiger partial charge in [0.25, 0.3) is 0 Å².